The van der Waals surface area contributed by atoms with Gasteiger partial charge < -0.3 is 14.6 Å². The molecule has 4 rings (SSSR count). The van der Waals surface area contributed by atoms with Crippen molar-refractivity contribution in [2.45, 2.75) is 20.4 Å². The van der Waals surface area contributed by atoms with Gasteiger partial charge in [0.1, 0.15) is 5.75 Å². The number of rotatable bonds is 6. The Bertz CT molecular complexity index is 1140. The Hall–Kier alpha value is -3.27. The van der Waals surface area contributed by atoms with E-state index in [1.54, 1.807) is 0 Å². The molecule has 142 valence electrons. The molecule has 1 heterocycles. The molecular weight excluding hydrogens is 348 g/mol. The highest BCUT2D eigenvalue weighted by Crippen LogP contribution is 2.28. The molecule has 0 bridgehead atoms. The van der Waals surface area contributed by atoms with E-state index in [4.69, 9.17) is 4.74 Å². The van der Waals surface area contributed by atoms with Crippen LogP contribution in [0.25, 0.3) is 21.7 Å². The predicted octanol–water partition coefficient (Wildman–Crippen LogP) is 4.93. The van der Waals surface area contributed by atoms with E-state index in [0.29, 0.717) is 24.5 Å². The fraction of sp³-hybridized carbons (Fsp3) is 0.208. The van der Waals surface area contributed by atoms with Crippen molar-refractivity contribution in [1.29, 1.82) is 0 Å². The van der Waals surface area contributed by atoms with Gasteiger partial charge in [-0.2, -0.15) is 0 Å². The normalized spacial score (nSPS) is 11.1. The maximum Gasteiger partial charge on any atom is 0.255 e. The van der Waals surface area contributed by atoms with E-state index >= 15 is 0 Å². The van der Waals surface area contributed by atoms with Gasteiger partial charge in [-0.15, -0.1) is 0 Å². The molecule has 4 heteroatoms. The summed E-state index contributed by atoms with van der Waals surface area (Å²) in [6.45, 7) is 5.82. The van der Waals surface area contributed by atoms with Gasteiger partial charge in [-0.1, -0.05) is 48.5 Å². The summed E-state index contributed by atoms with van der Waals surface area (Å²) in [7, 11) is 0. The van der Waals surface area contributed by atoms with Crippen LogP contribution in [0.15, 0.2) is 66.7 Å². The molecule has 0 fully saturated rings. The number of nitrogens with zero attached hydrogens (tertiary/aromatic N) is 1. The number of carbonyl (C=O) groups is 1. The van der Waals surface area contributed by atoms with Crippen molar-refractivity contribution in [3.63, 3.8) is 0 Å². The van der Waals surface area contributed by atoms with Crippen molar-refractivity contribution in [1.82, 2.24) is 9.88 Å². The number of carbonyl (C=O) groups excluding carboxylic acids is 1. The van der Waals surface area contributed by atoms with Crippen LogP contribution >= 0.6 is 0 Å². The maximum absolute atomic E-state index is 13.0. The standard InChI is InChI=1S/C24H24N2O2/c1-3-28-22-13-12-18-8-4-6-10-20(18)23(22)24(27)25-14-15-26-17(2)16-19-9-5-7-11-21(19)26/h4-13,16H,3,14-15H2,1-2H3,(H,25,27). The molecule has 0 atom stereocenters. The minimum atomic E-state index is -0.102. The van der Waals surface area contributed by atoms with Crippen LogP contribution in [0.1, 0.15) is 23.0 Å². The van der Waals surface area contributed by atoms with Crippen LogP contribution in [0.4, 0.5) is 0 Å². The summed E-state index contributed by atoms with van der Waals surface area (Å²) in [6.07, 6.45) is 0. The number of aromatic nitrogens is 1. The minimum Gasteiger partial charge on any atom is -0.493 e. The largest absolute Gasteiger partial charge is 0.493 e. The van der Waals surface area contributed by atoms with Gasteiger partial charge in [-0.3, -0.25) is 4.79 Å². The minimum absolute atomic E-state index is 0.102. The monoisotopic (exact) mass is 372 g/mol. The molecule has 28 heavy (non-hydrogen) atoms. The van der Waals surface area contributed by atoms with E-state index in [2.05, 4.69) is 35.0 Å². The third kappa shape index (κ3) is 3.33. The first kappa shape index (κ1) is 18.1. The molecule has 0 aliphatic heterocycles. The molecule has 0 spiro atoms. The lowest BCUT2D eigenvalue weighted by Crippen LogP contribution is -2.28. The van der Waals surface area contributed by atoms with Crippen LogP contribution in [0, 0.1) is 6.92 Å². The average molecular weight is 372 g/mol. The molecule has 0 saturated heterocycles. The molecule has 1 amide bonds. The predicted molar refractivity (Wildman–Crippen MR) is 114 cm³/mol. The lowest BCUT2D eigenvalue weighted by Gasteiger charge is -2.14. The number of ether oxygens (including phenoxy) is 1. The summed E-state index contributed by atoms with van der Waals surface area (Å²) in [5.41, 5.74) is 2.99. The summed E-state index contributed by atoms with van der Waals surface area (Å²) in [5, 5.41) is 6.24. The van der Waals surface area contributed by atoms with Crippen molar-refractivity contribution in [2.24, 2.45) is 0 Å². The number of para-hydroxylation sites is 1. The van der Waals surface area contributed by atoms with Crippen LogP contribution in [0.3, 0.4) is 0 Å². The maximum atomic E-state index is 13.0. The zero-order valence-electron chi connectivity index (χ0n) is 16.2. The van der Waals surface area contributed by atoms with Gasteiger partial charge in [0.25, 0.3) is 5.91 Å². The lowest BCUT2D eigenvalue weighted by molar-refractivity contribution is 0.0950. The molecule has 4 nitrogen and oxygen atoms in total. The number of aryl methyl sites for hydroxylation is 1. The Labute approximate surface area is 164 Å². The number of hydrogen-bond acceptors (Lipinski definition) is 2. The van der Waals surface area contributed by atoms with Gasteiger partial charge in [0, 0.05) is 24.3 Å². The topological polar surface area (TPSA) is 43.3 Å². The molecule has 0 aliphatic rings. The quantitative estimate of drug-likeness (QED) is 0.521. The first-order valence-corrected chi connectivity index (χ1v) is 9.66. The van der Waals surface area contributed by atoms with E-state index in [1.165, 1.54) is 16.6 Å². The van der Waals surface area contributed by atoms with Gasteiger partial charge in [0.15, 0.2) is 0 Å². The van der Waals surface area contributed by atoms with Crippen LogP contribution in [-0.2, 0) is 6.54 Å². The highest BCUT2D eigenvalue weighted by atomic mass is 16.5. The average Bonchev–Trinajstić information content (AvgIpc) is 3.03. The van der Waals surface area contributed by atoms with Gasteiger partial charge in [0.05, 0.1) is 12.2 Å². The molecule has 3 aromatic carbocycles. The number of benzene rings is 3. The van der Waals surface area contributed by atoms with Crippen molar-refractivity contribution < 1.29 is 9.53 Å². The fourth-order valence-corrected chi connectivity index (χ4v) is 3.78. The zero-order chi connectivity index (χ0) is 19.5. The smallest absolute Gasteiger partial charge is 0.255 e. The second kappa shape index (κ2) is 7.77. The summed E-state index contributed by atoms with van der Waals surface area (Å²) in [6, 6.07) is 22.3. The Morgan fingerprint density at radius 3 is 2.57 bits per heavy atom. The van der Waals surface area contributed by atoms with Crippen LogP contribution in [0.2, 0.25) is 0 Å². The summed E-state index contributed by atoms with van der Waals surface area (Å²) in [4.78, 5) is 13.0. The number of amides is 1. The molecule has 1 aromatic heterocycles. The van der Waals surface area contributed by atoms with E-state index in [0.717, 1.165) is 17.3 Å². The van der Waals surface area contributed by atoms with Crippen molar-refractivity contribution in [3.8, 4) is 5.75 Å². The Morgan fingerprint density at radius 2 is 1.75 bits per heavy atom. The van der Waals surface area contributed by atoms with Gasteiger partial charge in [-0.05, 0) is 48.2 Å². The third-order valence-corrected chi connectivity index (χ3v) is 5.06. The van der Waals surface area contributed by atoms with Gasteiger partial charge in [0.2, 0.25) is 0 Å². The lowest BCUT2D eigenvalue weighted by atomic mass is 10.0. The van der Waals surface area contributed by atoms with E-state index in [-0.39, 0.29) is 5.91 Å². The SMILES string of the molecule is CCOc1ccc2ccccc2c1C(=O)NCCn1c(C)cc2ccccc21. The summed E-state index contributed by atoms with van der Waals surface area (Å²) >= 11 is 0. The summed E-state index contributed by atoms with van der Waals surface area (Å²) in [5.74, 6) is 0.524. The van der Waals surface area contributed by atoms with Crippen LogP contribution in [-0.4, -0.2) is 23.6 Å². The summed E-state index contributed by atoms with van der Waals surface area (Å²) < 4.78 is 7.97. The Morgan fingerprint density at radius 1 is 1.00 bits per heavy atom. The zero-order valence-corrected chi connectivity index (χ0v) is 16.2. The highest BCUT2D eigenvalue weighted by Gasteiger charge is 2.16. The molecule has 0 saturated carbocycles. The number of hydrogen-bond donors (Lipinski definition) is 1. The molecule has 0 radical (unpaired) electrons. The first-order chi connectivity index (χ1) is 13.7. The van der Waals surface area contributed by atoms with E-state index < -0.39 is 0 Å². The van der Waals surface area contributed by atoms with E-state index in [1.807, 2.05) is 55.5 Å². The van der Waals surface area contributed by atoms with E-state index in [9.17, 15) is 4.79 Å². The molecule has 0 unspecified atom stereocenters. The molecule has 4 aromatic rings. The van der Waals surface area contributed by atoms with Crippen LogP contribution < -0.4 is 10.1 Å². The van der Waals surface area contributed by atoms with Crippen LogP contribution in [0.5, 0.6) is 5.75 Å². The molecular formula is C24H24N2O2. The highest BCUT2D eigenvalue weighted by molar-refractivity contribution is 6.09. The van der Waals surface area contributed by atoms with Crippen molar-refractivity contribution >= 4 is 27.6 Å². The van der Waals surface area contributed by atoms with Crippen molar-refractivity contribution in [2.75, 3.05) is 13.2 Å². The number of nitrogens with one attached hydrogen (secondary N) is 1. The Balaban J connectivity index is 1.57. The molecule has 1 N–H and O–H groups in total. The fourth-order valence-electron chi connectivity index (χ4n) is 3.78. The van der Waals surface area contributed by atoms with Gasteiger partial charge >= 0.3 is 0 Å². The van der Waals surface area contributed by atoms with Crippen molar-refractivity contribution in [3.05, 3.63) is 78.0 Å². The second-order valence-corrected chi connectivity index (χ2v) is 6.84. The Kier molecular flexibility index (Phi) is 5.02. The second-order valence-electron chi connectivity index (χ2n) is 6.84. The molecule has 0 aliphatic carbocycles. The number of fused-ring (bicyclic) bond motifs is 2. The third-order valence-electron chi connectivity index (χ3n) is 5.06. The van der Waals surface area contributed by atoms with Gasteiger partial charge in [-0.25, -0.2) is 0 Å². The first-order valence-electron chi connectivity index (χ1n) is 9.66.